The third-order valence-corrected chi connectivity index (χ3v) is 4.62. The number of hydrogen-bond acceptors (Lipinski definition) is 4. The quantitative estimate of drug-likeness (QED) is 0.892. The Morgan fingerprint density at radius 2 is 2.41 bits per heavy atom. The zero-order valence-electron chi connectivity index (χ0n) is 10.3. The number of anilines is 1. The highest BCUT2D eigenvalue weighted by Crippen LogP contribution is 2.37. The van der Waals surface area contributed by atoms with Gasteiger partial charge in [-0.25, -0.2) is 4.98 Å². The lowest BCUT2D eigenvalue weighted by atomic mass is 10.1. The normalized spacial score (nSPS) is 23.4. The van der Waals surface area contributed by atoms with Crippen molar-refractivity contribution in [3.05, 3.63) is 23.4 Å². The second-order valence-electron chi connectivity index (χ2n) is 4.72. The first kappa shape index (κ1) is 12.3. The molecule has 1 saturated heterocycles. The maximum Gasteiger partial charge on any atom is 0.144 e. The molecule has 1 aliphatic rings. The van der Waals surface area contributed by atoms with Gasteiger partial charge in [0.25, 0.3) is 0 Å². The molecule has 0 aromatic carbocycles. The summed E-state index contributed by atoms with van der Waals surface area (Å²) in [6.45, 7) is 5.10. The van der Waals surface area contributed by atoms with E-state index in [9.17, 15) is 0 Å². The average molecular weight is 247 g/mol. The standard InChI is InChI=1S/C13H17N3S/c1-10-4-5-11(8-14)12(16-10)15-9-13(2)6-3-7-17-13/h4-5H,3,6-7,9H2,1-2H3,(H,15,16). The molecule has 0 bridgehead atoms. The van der Waals surface area contributed by atoms with Gasteiger partial charge in [-0.15, -0.1) is 0 Å². The predicted octanol–water partition coefficient (Wildman–Crippen LogP) is 2.96. The molecular formula is C13H17N3S. The maximum atomic E-state index is 9.03. The number of pyridine rings is 1. The average Bonchev–Trinajstić information content (AvgIpc) is 2.74. The van der Waals surface area contributed by atoms with Gasteiger partial charge in [-0.2, -0.15) is 17.0 Å². The zero-order chi connectivity index (χ0) is 12.3. The van der Waals surface area contributed by atoms with E-state index < -0.39 is 0 Å². The molecule has 1 aliphatic heterocycles. The summed E-state index contributed by atoms with van der Waals surface area (Å²) in [7, 11) is 0. The Labute approximate surface area is 107 Å². The maximum absolute atomic E-state index is 9.03. The highest BCUT2D eigenvalue weighted by atomic mass is 32.2. The molecule has 1 fully saturated rings. The van der Waals surface area contributed by atoms with Crippen molar-refractivity contribution in [2.75, 3.05) is 17.6 Å². The molecule has 17 heavy (non-hydrogen) atoms. The topological polar surface area (TPSA) is 48.7 Å². The summed E-state index contributed by atoms with van der Waals surface area (Å²) in [5.74, 6) is 1.96. The van der Waals surface area contributed by atoms with Gasteiger partial charge in [0.2, 0.25) is 0 Å². The third kappa shape index (κ3) is 2.92. The van der Waals surface area contributed by atoms with Crippen LogP contribution in [0.5, 0.6) is 0 Å². The Kier molecular flexibility index (Phi) is 3.58. The molecule has 3 nitrogen and oxygen atoms in total. The van der Waals surface area contributed by atoms with Crippen molar-refractivity contribution in [3.63, 3.8) is 0 Å². The van der Waals surface area contributed by atoms with Crippen LogP contribution in [0.15, 0.2) is 12.1 Å². The summed E-state index contributed by atoms with van der Waals surface area (Å²) in [6.07, 6.45) is 2.52. The van der Waals surface area contributed by atoms with Crippen molar-refractivity contribution >= 4 is 17.6 Å². The lowest BCUT2D eigenvalue weighted by molar-refractivity contribution is 0.633. The van der Waals surface area contributed by atoms with Crippen molar-refractivity contribution < 1.29 is 0 Å². The van der Waals surface area contributed by atoms with E-state index in [2.05, 4.69) is 23.3 Å². The first-order valence-corrected chi connectivity index (χ1v) is 6.87. The molecule has 0 saturated carbocycles. The minimum Gasteiger partial charge on any atom is -0.368 e. The second-order valence-corrected chi connectivity index (χ2v) is 6.40. The smallest absolute Gasteiger partial charge is 0.144 e. The number of nitrogens with zero attached hydrogens (tertiary/aromatic N) is 2. The molecule has 1 unspecified atom stereocenters. The van der Waals surface area contributed by atoms with Crippen LogP contribution in [0.1, 0.15) is 31.0 Å². The predicted molar refractivity (Wildman–Crippen MR) is 72.3 cm³/mol. The van der Waals surface area contributed by atoms with Gasteiger partial charge in [-0.1, -0.05) is 0 Å². The molecule has 1 atom stereocenters. The van der Waals surface area contributed by atoms with E-state index in [4.69, 9.17) is 5.26 Å². The number of nitriles is 1. The second kappa shape index (κ2) is 4.97. The molecular weight excluding hydrogens is 230 g/mol. The van der Waals surface area contributed by atoms with E-state index in [0.29, 0.717) is 5.56 Å². The van der Waals surface area contributed by atoms with Gasteiger partial charge in [0, 0.05) is 17.0 Å². The fraction of sp³-hybridized carbons (Fsp3) is 0.538. The van der Waals surface area contributed by atoms with Gasteiger partial charge in [0.05, 0.1) is 5.56 Å². The Morgan fingerprint density at radius 1 is 1.59 bits per heavy atom. The Morgan fingerprint density at radius 3 is 3.06 bits per heavy atom. The van der Waals surface area contributed by atoms with E-state index in [1.54, 1.807) is 0 Å². The van der Waals surface area contributed by atoms with Crippen LogP contribution < -0.4 is 5.32 Å². The third-order valence-electron chi connectivity index (χ3n) is 3.09. The lowest BCUT2D eigenvalue weighted by Gasteiger charge is -2.23. The Balaban J connectivity index is 2.08. The molecule has 2 heterocycles. The van der Waals surface area contributed by atoms with Crippen molar-refractivity contribution in [1.82, 2.24) is 4.98 Å². The van der Waals surface area contributed by atoms with Gasteiger partial charge >= 0.3 is 0 Å². The van der Waals surface area contributed by atoms with E-state index >= 15 is 0 Å². The fourth-order valence-electron chi connectivity index (χ4n) is 2.03. The summed E-state index contributed by atoms with van der Waals surface area (Å²) < 4.78 is 0.290. The summed E-state index contributed by atoms with van der Waals surface area (Å²) in [5.41, 5.74) is 1.57. The Hall–Kier alpha value is -1.21. The fourth-order valence-corrected chi connectivity index (χ4v) is 3.27. The molecule has 2 rings (SSSR count). The molecule has 0 radical (unpaired) electrons. The molecule has 0 spiro atoms. The van der Waals surface area contributed by atoms with Gasteiger partial charge in [0.15, 0.2) is 0 Å². The van der Waals surface area contributed by atoms with Crippen LogP contribution in [-0.4, -0.2) is 22.0 Å². The zero-order valence-corrected chi connectivity index (χ0v) is 11.1. The van der Waals surface area contributed by atoms with Crippen LogP contribution in [0.25, 0.3) is 0 Å². The van der Waals surface area contributed by atoms with Crippen LogP contribution in [0.3, 0.4) is 0 Å². The van der Waals surface area contributed by atoms with E-state index in [-0.39, 0.29) is 4.75 Å². The first-order chi connectivity index (χ1) is 8.13. The number of thioether (sulfide) groups is 1. The number of aromatic nitrogens is 1. The molecule has 4 heteroatoms. The van der Waals surface area contributed by atoms with Crippen LogP contribution in [0.2, 0.25) is 0 Å². The molecule has 0 aliphatic carbocycles. The van der Waals surface area contributed by atoms with Gasteiger partial charge < -0.3 is 5.32 Å². The molecule has 1 aromatic rings. The van der Waals surface area contributed by atoms with Crippen molar-refractivity contribution in [2.24, 2.45) is 0 Å². The number of aryl methyl sites for hydroxylation is 1. The van der Waals surface area contributed by atoms with E-state index in [0.717, 1.165) is 18.1 Å². The minimum atomic E-state index is 0.290. The van der Waals surface area contributed by atoms with Gasteiger partial charge in [-0.3, -0.25) is 0 Å². The van der Waals surface area contributed by atoms with Gasteiger partial charge in [0.1, 0.15) is 11.9 Å². The number of rotatable bonds is 3. The van der Waals surface area contributed by atoms with E-state index in [1.807, 2.05) is 30.8 Å². The van der Waals surface area contributed by atoms with Gasteiger partial charge in [-0.05, 0) is 44.6 Å². The minimum absolute atomic E-state index is 0.290. The van der Waals surface area contributed by atoms with Crippen LogP contribution in [0, 0.1) is 18.3 Å². The summed E-state index contributed by atoms with van der Waals surface area (Å²) in [4.78, 5) is 4.39. The number of nitrogens with one attached hydrogen (secondary N) is 1. The van der Waals surface area contributed by atoms with Crippen molar-refractivity contribution in [3.8, 4) is 6.07 Å². The molecule has 90 valence electrons. The Bertz CT molecular complexity index is 444. The SMILES string of the molecule is Cc1ccc(C#N)c(NCC2(C)CCCS2)n1. The van der Waals surface area contributed by atoms with E-state index in [1.165, 1.54) is 18.6 Å². The summed E-state index contributed by atoms with van der Waals surface area (Å²) in [6, 6.07) is 5.88. The summed E-state index contributed by atoms with van der Waals surface area (Å²) in [5, 5.41) is 12.4. The highest BCUT2D eigenvalue weighted by molar-refractivity contribution is 8.00. The molecule has 1 aromatic heterocycles. The van der Waals surface area contributed by atoms with Crippen LogP contribution in [-0.2, 0) is 0 Å². The van der Waals surface area contributed by atoms with Crippen molar-refractivity contribution in [2.45, 2.75) is 31.4 Å². The van der Waals surface area contributed by atoms with Crippen molar-refractivity contribution in [1.29, 1.82) is 5.26 Å². The largest absolute Gasteiger partial charge is 0.368 e. The van der Waals surface area contributed by atoms with Crippen LogP contribution >= 0.6 is 11.8 Å². The lowest BCUT2D eigenvalue weighted by Crippen LogP contribution is -2.27. The van der Waals surface area contributed by atoms with Crippen LogP contribution in [0.4, 0.5) is 5.82 Å². The highest BCUT2D eigenvalue weighted by Gasteiger charge is 2.29. The monoisotopic (exact) mass is 247 g/mol. The first-order valence-electron chi connectivity index (χ1n) is 5.88. The molecule has 0 amide bonds. The summed E-state index contributed by atoms with van der Waals surface area (Å²) >= 11 is 2.01. The number of hydrogen-bond donors (Lipinski definition) is 1. The molecule has 1 N–H and O–H groups in total.